The molecule has 1 aromatic heterocycles. The lowest BCUT2D eigenvalue weighted by atomic mass is 10.2. The van der Waals surface area contributed by atoms with Crippen LogP contribution in [0.4, 0.5) is 10.2 Å². The zero-order chi connectivity index (χ0) is 13.8. The van der Waals surface area contributed by atoms with Gasteiger partial charge in [0.1, 0.15) is 16.6 Å². The van der Waals surface area contributed by atoms with Gasteiger partial charge in [0.15, 0.2) is 0 Å². The Balaban J connectivity index is 2.11. The fourth-order valence-electron chi connectivity index (χ4n) is 1.70. The Hall–Kier alpha value is -2.01. The lowest BCUT2D eigenvalue weighted by Gasteiger charge is -2.08. The molecule has 0 fully saturated rings. The maximum absolute atomic E-state index is 12.8. The van der Waals surface area contributed by atoms with Gasteiger partial charge >= 0.3 is 0 Å². The summed E-state index contributed by atoms with van der Waals surface area (Å²) >= 11 is 4.95. The standard InChI is InChI=1S/C14H14FN3S/c1-9-6-11(14(16)19)7-13(18-9)17-8-10-2-4-12(15)5-3-10/h2-7H,8H2,1H3,(H2,16,19)(H,17,18). The first kappa shape index (κ1) is 13.4. The van der Waals surface area contributed by atoms with E-state index in [9.17, 15) is 4.39 Å². The molecule has 0 aliphatic carbocycles. The van der Waals surface area contributed by atoms with E-state index in [0.717, 1.165) is 16.8 Å². The van der Waals surface area contributed by atoms with Gasteiger partial charge in [0, 0.05) is 17.8 Å². The summed E-state index contributed by atoms with van der Waals surface area (Å²) in [5, 5.41) is 3.17. The van der Waals surface area contributed by atoms with Crippen molar-refractivity contribution in [3.05, 3.63) is 59.0 Å². The van der Waals surface area contributed by atoms with E-state index >= 15 is 0 Å². The fraction of sp³-hybridized carbons (Fsp3) is 0.143. The van der Waals surface area contributed by atoms with Crippen LogP contribution >= 0.6 is 12.2 Å². The number of halogens is 1. The van der Waals surface area contributed by atoms with Crippen molar-refractivity contribution < 1.29 is 4.39 Å². The third-order valence-electron chi connectivity index (χ3n) is 2.62. The van der Waals surface area contributed by atoms with Crippen LogP contribution in [0, 0.1) is 12.7 Å². The maximum Gasteiger partial charge on any atom is 0.127 e. The van der Waals surface area contributed by atoms with E-state index < -0.39 is 0 Å². The maximum atomic E-state index is 12.8. The molecule has 0 saturated heterocycles. The molecule has 0 aliphatic heterocycles. The molecule has 0 amide bonds. The van der Waals surface area contributed by atoms with Crippen LogP contribution in [0.2, 0.25) is 0 Å². The number of aryl methyl sites for hydroxylation is 1. The molecular weight excluding hydrogens is 261 g/mol. The Bertz CT molecular complexity index is 596. The molecule has 0 radical (unpaired) electrons. The van der Waals surface area contributed by atoms with E-state index in [0.29, 0.717) is 17.4 Å². The number of benzene rings is 1. The Labute approximate surface area is 116 Å². The molecule has 98 valence electrons. The molecule has 3 nitrogen and oxygen atoms in total. The summed E-state index contributed by atoms with van der Waals surface area (Å²) in [6.07, 6.45) is 0. The second kappa shape index (κ2) is 5.75. The molecular formula is C14H14FN3S. The summed E-state index contributed by atoms with van der Waals surface area (Å²) < 4.78 is 12.8. The summed E-state index contributed by atoms with van der Waals surface area (Å²) in [5.74, 6) is 0.459. The van der Waals surface area contributed by atoms with E-state index in [1.165, 1.54) is 12.1 Å². The molecule has 19 heavy (non-hydrogen) atoms. The highest BCUT2D eigenvalue weighted by molar-refractivity contribution is 7.80. The number of nitrogens with zero attached hydrogens (tertiary/aromatic N) is 1. The third kappa shape index (κ3) is 3.72. The van der Waals surface area contributed by atoms with Crippen molar-refractivity contribution in [1.82, 2.24) is 4.98 Å². The molecule has 0 aliphatic rings. The summed E-state index contributed by atoms with van der Waals surface area (Å²) in [6, 6.07) is 9.96. The predicted octanol–water partition coefficient (Wildman–Crippen LogP) is 2.78. The molecule has 2 rings (SSSR count). The molecule has 5 heteroatoms. The molecule has 0 bridgehead atoms. The number of rotatable bonds is 4. The number of hydrogen-bond acceptors (Lipinski definition) is 3. The number of nitrogens with one attached hydrogen (secondary N) is 1. The van der Waals surface area contributed by atoms with Crippen LogP contribution in [0.1, 0.15) is 16.8 Å². The highest BCUT2D eigenvalue weighted by Gasteiger charge is 2.02. The molecule has 3 N–H and O–H groups in total. The van der Waals surface area contributed by atoms with Gasteiger partial charge in [0.05, 0.1) is 0 Å². The number of anilines is 1. The van der Waals surface area contributed by atoms with Crippen LogP contribution in [0.15, 0.2) is 36.4 Å². The van der Waals surface area contributed by atoms with Crippen molar-refractivity contribution in [2.45, 2.75) is 13.5 Å². The zero-order valence-electron chi connectivity index (χ0n) is 10.5. The van der Waals surface area contributed by atoms with E-state index in [2.05, 4.69) is 10.3 Å². The first-order valence-electron chi connectivity index (χ1n) is 5.81. The number of pyridine rings is 1. The minimum absolute atomic E-state index is 0.242. The fourth-order valence-corrected chi connectivity index (χ4v) is 1.81. The zero-order valence-corrected chi connectivity index (χ0v) is 11.3. The van der Waals surface area contributed by atoms with E-state index in [1.807, 2.05) is 13.0 Å². The van der Waals surface area contributed by atoms with Crippen LogP contribution in [-0.2, 0) is 6.54 Å². The molecule has 2 aromatic rings. The highest BCUT2D eigenvalue weighted by Crippen LogP contribution is 2.12. The van der Waals surface area contributed by atoms with Crippen LogP contribution in [0.3, 0.4) is 0 Å². The first-order chi connectivity index (χ1) is 9.04. The monoisotopic (exact) mass is 275 g/mol. The van der Waals surface area contributed by atoms with Gasteiger partial charge in [-0.15, -0.1) is 0 Å². The summed E-state index contributed by atoms with van der Waals surface area (Å²) in [7, 11) is 0. The lowest BCUT2D eigenvalue weighted by molar-refractivity contribution is 0.627. The molecule has 1 aromatic carbocycles. The molecule has 1 heterocycles. The SMILES string of the molecule is Cc1cc(C(N)=S)cc(NCc2ccc(F)cc2)n1. The van der Waals surface area contributed by atoms with Gasteiger partial charge in [0.25, 0.3) is 0 Å². The Morgan fingerprint density at radius 3 is 2.63 bits per heavy atom. The normalized spacial score (nSPS) is 10.2. The van der Waals surface area contributed by atoms with Crippen LogP contribution in [0.5, 0.6) is 0 Å². The number of aromatic nitrogens is 1. The number of nitrogens with two attached hydrogens (primary N) is 1. The van der Waals surface area contributed by atoms with Crippen molar-refractivity contribution in [3.8, 4) is 0 Å². The Morgan fingerprint density at radius 1 is 1.32 bits per heavy atom. The minimum Gasteiger partial charge on any atom is -0.389 e. The molecule has 0 unspecified atom stereocenters. The van der Waals surface area contributed by atoms with E-state index in [1.54, 1.807) is 18.2 Å². The van der Waals surface area contributed by atoms with Gasteiger partial charge < -0.3 is 11.1 Å². The second-order valence-electron chi connectivity index (χ2n) is 4.23. The van der Waals surface area contributed by atoms with Crippen LogP contribution in [-0.4, -0.2) is 9.97 Å². The largest absolute Gasteiger partial charge is 0.389 e. The van der Waals surface area contributed by atoms with Crippen molar-refractivity contribution in [3.63, 3.8) is 0 Å². The predicted molar refractivity (Wildman–Crippen MR) is 78.6 cm³/mol. The number of thiocarbonyl (C=S) groups is 1. The van der Waals surface area contributed by atoms with Gasteiger partial charge in [-0.2, -0.15) is 0 Å². The Morgan fingerprint density at radius 2 is 2.00 bits per heavy atom. The van der Waals surface area contributed by atoms with Crippen molar-refractivity contribution in [2.75, 3.05) is 5.32 Å². The third-order valence-corrected chi connectivity index (χ3v) is 2.86. The van der Waals surface area contributed by atoms with Gasteiger partial charge in [-0.1, -0.05) is 24.4 Å². The first-order valence-corrected chi connectivity index (χ1v) is 6.22. The molecule has 0 atom stereocenters. The van der Waals surface area contributed by atoms with Gasteiger partial charge in [-0.05, 0) is 36.8 Å². The van der Waals surface area contributed by atoms with Gasteiger partial charge in [-0.25, -0.2) is 9.37 Å². The molecule has 0 saturated carbocycles. The van der Waals surface area contributed by atoms with E-state index in [4.69, 9.17) is 18.0 Å². The van der Waals surface area contributed by atoms with Crippen molar-refractivity contribution >= 4 is 23.0 Å². The number of hydrogen-bond donors (Lipinski definition) is 2. The average Bonchev–Trinajstić information content (AvgIpc) is 2.37. The summed E-state index contributed by atoms with van der Waals surface area (Å²) in [6.45, 7) is 2.44. The van der Waals surface area contributed by atoms with Crippen molar-refractivity contribution in [2.24, 2.45) is 5.73 Å². The van der Waals surface area contributed by atoms with Gasteiger partial charge in [0.2, 0.25) is 0 Å². The minimum atomic E-state index is -0.242. The smallest absolute Gasteiger partial charge is 0.127 e. The average molecular weight is 275 g/mol. The van der Waals surface area contributed by atoms with Gasteiger partial charge in [-0.3, -0.25) is 0 Å². The lowest BCUT2D eigenvalue weighted by Crippen LogP contribution is -2.11. The van der Waals surface area contributed by atoms with Crippen molar-refractivity contribution in [1.29, 1.82) is 0 Å². The Kier molecular flexibility index (Phi) is 4.06. The summed E-state index contributed by atoms with van der Waals surface area (Å²) in [4.78, 5) is 4.69. The topological polar surface area (TPSA) is 50.9 Å². The van der Waals surface area contributed by atoms with Crippen LogP contribution in [0.25, 0.3) is 0 Å². The van der Waals surface area contributed by atoms with Crippen LogP contribution < -0.4 is 11.1 Å². The highest BCUT2D eigenvalue weighted by atomic mass is 32.1. The summed E-state index contributed by atoms with van der Waals surface area (Å²) in [5.41, 5.74) is 8.20. The van der Waals surface area contributed by atoms with E-state index in [-0.39, 0.29) is 5.82 Å². The second-order valence-corrected chi connectivity index (χ2v) is 4.67. The quantitative estimate of drug-likeness (QED) is 0.842. The molecule has 0 spiro atoms.